The summed E-state index contributed by atoms with van der Waals surface area (Å²) < 4.78 is 18.4. The maximum absolute atomic E-state index is 13.2. The third-order valence-corrected chi connectivity index (χ3v) is 2.14. The minimum absolute atomic E-state index is 0.281. The third-order valence-electron chi connectivity index (χ3n) is 1.82. The molecule has 0 radical (unpaired) electrons. The molecule has 0 amide bonds. The van der Waals surface area contributed by atoms with Crippen LogP contribution in [-0.4, -0.2) is 10.1 Å². The molecule has 72 valence electrons. The highest BCUT2D eigenvalue weighted by Gasteiger charge is 2.08. The van der Waals surface area contributed by atoms with Gasteiger partial charge in [-0.05, 0) is 45.7 Å². The first-order chi connectivity index (χ1) is 6.66. The van der Waals surface area contributed by atoms with Gasteiger partial charge in [-0.3, -0.25) is 0 Å². The molecule has 0 fully saturated rings. The molecule has 0 aliphatic heterocycles. The standard InChI is InChI=1S/C9H6BrFN2O/c1-5-2-3-6(4-7(5)11)8-12-9(10)13-14-8/h2-4H,1H3. The van der Waals surface area contributed by atoms with Gasteiger partial charge in [0.15, 0.2) is 0 Å². The highest BCUT2D eigenvalue weighted by Crippen LogP contribution is 2.20. The lowest BCUT2D eigenvalue weighted by Crippen LogP contribution is -1.84. The summed E-state index contributed by atoms with van der Waals surface area (Å²) in [5.41, 5.74) is 1.17. The van der Waals surface area contributed by atoms with Crippen molar-refractivity contribution in [1.29, 1.82) is 0 Å². The van der Waals surface area contributed by atoms with Crippen LogP contribution in [0.25, 0.3) is 11.5 Å². The Kier molecular flexibility index (Phi) is 2.33. The molecule has 0 spiro atoms. The number of aromatic nitrogens is 2. The largest absolute Gasteiger partial charge is 0.333 e. The minimum Gasteiger partial charge on any atom is -0.333 e. The van der Waals surface area contributed by atoms with Gasteiger partial charge in [-0.15, -0.1) is 0 Å². The van der Waals surface area contributed by atoms with E-state index >= 15 is 0 Å². The van der Waals surface area contributed by atoms with Crippen LogP contribution in [0.2, 0.25) is 0 Å². The Morgan fingerprint density at radius 3 is 2.79 bits per heavy atom. The molecule has 14 heavy (non-hydrogen) atoms. The van der Waals surface area contributed by atoms with Crippen LogP contribution < -0.4 is 0 Å². The van der Waals surface area contributed by atoms with Gasteiger partial charge in [-0.1, -0.05) is 6.07 Å². The highest BCUT2D eigenvalue weighted by atomic mass is 79.9. The molecule has 2 rings (SSSR count). The zero-order valence-corrected chi connectivity index (χ0v) is 8.88. The molecule has 0 bridgehead atoms. The van der Waals surface area contributed by atoms with Crippen LogP contribution in [0.3, 0.4) is 0 Å². The van der Waals surface area contributed by atoms with E-state index in [1.54, 1.807) is 19.1 Å². The molecule has 0 saturated carbocycles. The second-order valence-corrected chi connectivity index (χ2v) is 3.54. The first kappa shape index (κ1) is 9.33. The number of rotatable bonds is 1. The van der Waals surface area contributed by atoms with Crippen LogP contribution in [0.15, 0.2) is 27.5 Å². The van der Waals surface area contributed by atoms with E-state index in [9.17, 15) is 4.39 Å². The van der Waals surface area contributed by atoms with Crippen LogP contribution >= 0.6 is 15.9 Å². The van der Waals surface area contributed by atoms with E-state index in [0.29, 0.717) is 21.8 Å². The second kappa shape index (κ2) is 3.49. The third kappa shape index (κ3) is 1.68. The molecule has 0 atom stereocenters. The van der Waals surface area contributed by atoms with Gasteiger partial charge in [0.2, 0.25) is 4.73 Å². The fraction of sp³-hybridized carbons (Fsp3) is 0.111. The zero-order chi connectivity index (χ0) is 10.1. The lowest BCUT2D eigenvalue weighted by Gasteiger charge is -1.97. The van der Waals surface area contributed by atoms with Gasteiger partial charge in [0, 0.05) is 5.56 Å². The number of hydrogen-bond acceptors (Lipinski definition) is 3. The predicted octanol–water partition coefficient (Wildman–Crippen LogP) is 2.95. The fourth-order valence-electron chi connectivity index (χ4n) is 1.05. The van der Waals surface area contributed by atoms with Gasteiger partial charge in [-0.25, -0.2) is 4.39 Å². The molecule has 5 heteroatoms. The lowest BCUT2D eigenvalue weighted by molar-refractivity contribution is 0.426. The Morgan fingerprint density at radius 2 is 2.21 bits per heavy atom. The van der Waals surface area contributed by atoms with E-state index in [1.165, 1.54) is 6.07 Å². The SMILES string of the molecule is Cc1ccc(-c2nc(Br)no2)cc1F. The van der Waals surface area contributed by atoms with Crippen LogP contribution in [0.5, 0.6) is 0 Å². The van der Waals surface area contributed by atoms with E-state index in [2.05, 4.69) is 26.1 Å². The van der Waals surface area contributed by atoms with E-state index < -0.39 is 0 Å². The maximum atomic E-state index is 13.2. The molecule has 1 aromatic carbocycles. The molecule has 0 unspecified atom stereocenters. The van der Waals surface area contributed by atoms with Crippen molar-refractivity contribution >= 4 is 15.9 Å². The molecule has 1 heterocycles. The van der Waals surface area contributed by atoms with Crippen molar-refractivity contribution in [3.8, 4) is 11.5 Å². The van der Waals surface area contributed by atoms with Gasteiger partial charge in [0.25, 0.3) is 5.89 Å². The highest BCUT2D eigenvalue weighted by molar-refractivity contribution is 9.10. The van der Waals surface area contributed by atoms with Gasteiger partial charge in [0.1, 0.15) is 5.82 Å². The molecule has 2 aromatic rings. The average Bonchev–Trinajstić information content (AvgIpc) is 2.57. The number of halogens is 2. The van der Waals surface area contributed by atoms with Crippen LogP contribution in [-0.2, 0) is 0 Å². The first-order valence-electron chi connectivity index (χ1n) is 3.92. The Balaban J connectivity index is 2.47. The van der Waals surface area contributed by atoms with Crippen molar-refractivity contribution in [3.63, 3.8) is 0 Å². The van der Waals surface area contributed by atoms with Crippen molar-refractivity contribution in [2.24, 2.45) is 0 Å². The number of nitrogens with zero attached hydrogens (tertiary/aromatic N) is 2. The van der Waals surface area contributed by atoms with Crippen molar-refractivity contribution in [2.75, 3.05) is 0 Å². The molecule has 0 aliphatic carbocycles. The Morgan fingerprint density at radius 1 is 1.43 bits per heavy atom. The summed E-state index contributed by atoms with van der Waals surface area (Å²) in [6, 6.07) is 4.77. The molecule has 0 aliphatic rings. The summed E-state index contributed by atoms with van der Waals surface area (Å²) in [7, 11) is 0. The predicted molar refractivity (Wildman–Crippen MR) is 52.1 cm³/mol. The maximum Gasteiger partial charge on any atom is 0.258 e. The summed E-state index contributed by atoms with van der Waals surface area (Å²) in [5.74, 6) is 0.0209. The monoisotopic (exact) mass is 256 g/mol. The minimum atomic E-state index is -0.281. The zero-order valence-electron chi connectivity index (χ0n) is 7.29. The fourth-order valence-corrected chi connectivity index (χ4v) is 1.28. The number of hydrogen-bond donors (Lipinski definition) is 0. The summed E-state index contributed by atoms with van der Waals surface area (Å²) >= 11 is 3.05. The van der Waals surface area contributed by atoms with Crippen LogP contribution in [0, 0.1) is 12.7 Å². The molecule has 0 saturated heterocycles. The second-order valence-electron chi connectivity index (χ2n) is 2.83. The van der Waals surface area contributed by atoms with Gasteiger partial charge in [-0.2, -0.15) is 4.98 Å². The van der Waals surface area contributed by atoms with Crippen LogP contribution in [0.4, 0.5) is 4.39 Å². The van der Waals surface area contributed by atoms with Crippen molar-refractivity contribution in [2.45, 2.75) is 6.92 Å². The van der Waals surface area contributed by atoms with E-state index in [-0.39, 0.29) is 5.82 Å². The normalized spacial score (nSPS) is 10.5. The lowest BCUT2D eigenvalue weighted by atomic mass is 10.1. The first-order valence-corrected chi connectivity index (χ1v) is 4.72. The summed E-state index contributed by atoms with van der Waals surface area (Å²) in [6.45, 7) is 1.70. The van der Waals surface area contributed by atoms with Crippen LogP contribution in [0.1, 0.15) is 5.56 Å². The quantitative estimate of drug-likeness (QED) is 0.788. The Bertz CT molecular complexity index is 470. The van der Waals surface area contributed by atoms with Gasteiger partial charge in [0.05, 0.1) is 0 Å². The van der Waals surface area contributed by atoms with Crippen molar-refractivity contribution in [3.05, 3.63) is 34.3 Å². The van der Waals surface area contributed by atoms with E-state index in [0.717, 1.165) is 0 Å². The Hall–Kier alpha value is -1.23. The molecular formula is C9H6BrFN2O. The van der Waals surface area contributed by atoms with Gasteiger partial charge < -0.3 is 4.52 Å². The summed E-state index contributed by atoms with van der Waals surface area (Å²) in [6.07, 6.45) is 0. The van der Waals surface area contributed by atoms with Crippen molar-refractivity contribution < 1.29 is 8.91 Å². The number of benzene rings is 1. The summed E-state index contributed by atoms with van der Waals surface area (Å²) in [4.78, 5) is 3.92. The topological polar surface area (TPSA) is 38.9 Å². The number of aryl methyl sites for hydroxylation is 1. The molecular weight excluding hydrogens is 251 g/mol. The summed E-state index contributed by atoms with van der Waals surface area (Å²) in [5, 5.41) is 3.55. The average molecular weight is 257 g/mol. The molecule has 0 N–H and O–H groups in total. The Labute approximate surface area is 88.1 Å². The smallest absolute Gasteiger partial charge is 0.258 e. The molecule has 1 aromatic heterocycles. The van der Waals surface area contributed by atoms with E-state index in [1.807, 2.05) is 0 Å². The van der Waals surface area contributed by atoms with Gasteiger partial charge >= 0.3 is 0 Å². The molecule has 3 nitrogen and oxygen atoms in total. The van der Waals surface area contributed by atoms with Crippen molar-refractivity contribution in [1.82, 2.24) is 10.1 Å². The van der Waals surface area contributed by atoms with E-state index in [4.69, 9.17) is 4.52 Å².